The van der Waals surface area contributed by atoms with Crippen LogP contribution < -0.4 is 9.62 Å². The molecule has 1 aliphatic heterocycles. The minimum absolute atomic E-state index is 0.273. The highest BCUT2D eigenvalue weighted by Crippen LogP contribution is 2.34. The van der Waals surface area contributed by atoms with Gasteiger partial charge in [0, 0.05) is 23.6 Å². The van der Waals surface area contributed by atoms with E-state index >= 15 is 0 Å². The van der Waals surface area contributed by atoms with Crippen LogP contribution in [-0.4, -0.2) is 15.0 Å². The Hall–Kier alpha value is -2.79. The number of rotatable bonds is 4. The third-order valence-corrected chi connectivity index (χ3v) is 6.00. The fraction of sp³-hybridized carbons (Fsp3) is 0.143. The number of nitrogens with zero attached hydrogens (tertiary/aromatic N) is 1. The molecule has 1 heterocycles. The lowest BCUT2D eigenvalue weighted by molar-refractivity contribution is 0.601. The van der Waals surface area contributed by atoms with Crippen molar-refractivity contribution in [3.63, 3.8) is 0 Å². The van der Waals surface area contributed by atoms with Gasteiger partial charge in [0.05, 0.1) is 4.90 Å². The van der Waals surface area contributed by atoms with Crippen molar-refractivity contribution in [2.24, 2.45) is 0 Å². The Morgan fingerprint density at radius 2 is 1.69 bits per heavy atom. The van der Waals surface area contributed by atoms with E-state index in [0.29, 0.717) is 5.69 Å². The number of benzene rings is 3. The summed E-state index contributed by atoms with van der Waals surface area (Å²) in [6.45, 7) is 2.81. The molecule has 0 saturated carbocycles. The molecule has 0 bridgehead atoms. The second-order valence-electron chi connectivity index (χ2n) is 6.50. The van der Waals surface area contributed by atoms with Crippen LogP contribution in [0.4, 0.5) is 17.1 Å². The van der Waals surface area contributed by atoms with E-state index in [9.17, 15) is 8.42 Å². The maximum absolute atomic E-state index is 12.5. The molecular formula is C21H20N2O2S. The van der Waals surface area contributed by atoms with E-state index in [-0.39, 0.29) is 4.90 Å². The molecule has 0 fully saturated rings. The largest absolute Gasteiger partial charge is 0.341 e. The van der Waals surface area contributed by atoms with Gasteiger partial charge in [-0.3, -0.25) is 4.72 Å². The number of anilines is 3. The number of aryl methyl sites for hydroxylation is 1. The summed E-state index contributed by atoms with van der Waals surface area (Å²) in [6, 6.07) is 22.8. The fourth-order valence-corrected chi connectivity index (χ4v) is 4.48. The summed E-state index contributed by atoms with van der Waals surface area (Å²) in [5, 5.41) is 0. The summed E-state index contributed by atoms with van der Waals surface area (Å²) in [5.41, 5.74) is 5.10. The lowest BCUT2D eigenvalue weighted by atomic mass is 10.2. The van der Waals surface area contributed by atoms with Gasteiger partial charge in [0.15, 0.2) is 0 Å². The molecule has 0 spiro atoms. The Balaban J connectivity index is 1.56. The second-order valence-corrected chi connectivity index (χ2v) is 8.18. The highest BCUT2D eigenvalue weighted by atomic mass is 32.2. The van der Waals surface area contributed by atoms with Gasteiger partial charge in [-0.2, -0.15) is 0 Å². The summed E-state index contributed by atoms with van der Waals surface area (Å²) in [7, 11) is -3.58. The quantitative estimate of drug-likeness (QED) is 0.742. The van der Waals surface area contributed by atoms with Crippen molar-refractivity contribution in [1.29, 1.82) is 0 Å². The first-order valence-electron chi connectivity index (χ1n) is 8.58. The van der Waals surface area contributed by atoms with Gasteiger partial charge < -0.3 is 4.90 Å². The number of para-hydroxylation sites is 1. The van der Waals surface area contributed by atoms with E-state index in [1.807, 2.05) is 43.3 Å². The third-order valence-electron chi connectivity index (χ3n) is 4.62. The van der Waals surface area contributed by atoms with Crippen LogP contribution in [0.3, 0.4) is 0 Å². The molecule has 0 saturated heterocycles. The number of hydrogen-bond donors (Lipinski definition) is 1. The topological polar surface area (TPSA) is 49.4 Å². The monoisotopic (exact) mass is 364 g/mol. The van der Waals surface area contributed by atoms with Gasteiger partial charge in [-0.1, -0.05) is 30.3 Å². The average Bonchev–Trinajstić information content (AvgIpc) is 3.06. The zero-order valence-electron chi connectivity index (χ0n) is 14.5. The van der Waals surface area contributed by atoms with Gasteiger partial charge in [0.2, 0.25) is 0 Å². The molecule has 3 aromatic carbocycles. The van der Waals surface area contributed by atoms with Crippen LogP contribution in [0, 0.1) is 6.92 Å². The minimum atomic E-state index is -3.58. The lowest BCUT2D eigenvalue weighted by Crippen LogP contribution is -2.14. The molecule has 3 aromatic rings. The van der Waals surface area contributed by atoms with Crippen molar-refractivity contribution < 1.29 is 8.42 Å². The predicted octanol–water partition coefficient (Wildman–Crippen LogP) is 4.49. The van der Waals surface area contributed by atoms with Crippen LogP contribution in [0.15, 0.2) is 77.7 Å². The molecule has 1 aliphatic rings. The van der Waals surface area contributed by atoms with E-state index < -0.39 is 10.0 Å². The average molecular weight is 364 g/mol. The second kappa shape index (κ2) is 6.50. The molecule has 0 aliphatic carbocycles. The van der Waals surface area contributed by atoms with Gasteiger partial charge in [0.1, 0.15) is 0 Å². The van der Waals surface area contributed by atoms with Crippen molar-refractivity contribution in [2.75, 3.05) is 16.2 Å². The standard InChI is InChI=1S/C21H20N2O2S/c1-16-5-4-7-20(15-16)26(24,25)22-18-9-11-19(12-10-18)23-14-13-17-6-2-3-8-21(17)23/h2-12,15,22H,13-14H2,1H3. The number of fused-ring (bicyclic) bond motifs is 1. The molecule has 26 heavy (non-hydrogen) atoms. The number of hydrogen-bond acceptors (Lipinski definition) is 3. The molecule has 0 radical (unpaired) electrons. The third kappa shape index (κ3) is 3.18. The summed E-state index contributed by atoms with van der Waals surface area (Å²) in [5.74, 6) is 0. The lowest BCUT2D eigenvalue weighted by Gasteiger charge is -2.20. The fourth-order valence-electron chi connectivity index (χ4n) is 3.31. The van der Waals surface area contributed by atoms with Crippen LogP contribution in [0.1, 0.15) is 11.1 Å². The first-order valence-corrected chi connectivity index (χ1v) is 10.1. The van der Waals surface area contributed by atoms with Crippen LogP contribution in [0.5, 0.6) is 0 Å². The van der Waals surface area contributed by atoms with E-state index in [1.165, 1.54) is 11.3 Å². The van der Waals surface area contributed by atoms with E-state index in [0.717, 1.165) is 24.2 Å². The predicted molar refractivity (Wildman–Crippen MR) is 106 cm³/mol. The minimum Gasteiger partial charge on any atom is -0.341 e. The van der Waals surface area contributed by atoms with Crippen LogP contribution >= 0.6 is 0 Å². The van der Waals surface area contributed by atoms with Crippen molar-refractivity contribution >= 4 is 27.1 Å². The molecule has 5 heteroatoms. The first kappa shape index (κ1) is 16.7. The molecule has 1 N–H and O–H groups in total. The molecule has 0 unspecified atom stereocenters. The normalized spacial score (nSPS) is 13.5. The Morgan fingerprint density at radius 3 is 2.46 bits per heavy atom. The Morgan fingerprint density at radius 1 is 0.923 bits per heavy atom. The van der Waals surface area contributed by atoms with Gasteiger partial charge in [-0.05, 0) is 66.9 Å². The van der Waals surface area contributed by atoms with Crippen molar-refractivity contribution in [3.8, 4) is 0 Å². The molecule has 4 rings (SSSR count). The van der Waals surface area contributed by atoms with E-state index in [1.54, 1.807) is 18.2 Å². The Labute approximate surface area is 154 Å². The highest BCUT2D eigenvalue weighted by Gasteiger charge is 2.20. The number of nitrogens with one attached hydrogen (secondary N) is 1. The summed E-state index contributed by atoms with van der Waals surface area (Å²) in [4.78, 5) is 2.53. The molecule has 0 atom stereocenters. The molecule has 132 valence electrons. The Bertz CT molecular complexity index is 1040. The molecule has 0 aromatic heterocycles. The van der Waals surface area contributed by atoms with Gasteiger partial charge >= 0.3 is 0 Å². The smallest absolute Gasteiger partial charge is 0.261 e. The zero-order valence-corrected chi connectivity index (χ0v) is 15.3. The van der Waals surface area contributed by atoms with Gasteiger partial charge in [-0.25, -0.2) is 8.42 Å². The summed E-state index contributed by atoms with van der Waals surface area (Å²) < 4.78 is 27.7. The van der Waals surface area contributed by atoms with Crippen LogP contribution in [0.2, 0.25) is 0 Å². The highest BCUT2D eigenvalue weighted by molar-refractivity contribution is 7.92. The SMILES string of the molecule is Cc1cccc(S(=O)(=O)Nc2ccc(N3CCc4ccccc43)cc2)c1. The van der Waals surface area contributed by atoms with Crippen LogP contribution in [0.25, 0.3) is 0 Å². The van der Waals surface area contributed by atoms with E-state index in [2.05, 4.69) is 27.8 Å². The van der Waals surface area contributed by atoms with Crippen molar-refractivity contribution in [3.05, 3.63) is 83.9 Å². The van der Waals surface area contributed by atoms with E-state index in [4.69, 9.17) is 0 Å². The number of sulfonamides is 1. The maximum Gasteiger partial charge on any atom is 0.261 e. The summed E-state index contributed by atoms with van der Waals surface area (Å²) >= 11 is 0. The molecular weight excluding hydrogens is 344 g/mol. The van der Waals surface area contributed by atoms with Gasteiger partial charge in [0.25, 0.3) is 10.0 Å². The Kier molecular flexibility index (Phi) is 4.17. The van der Waals surface area contributed by atoms with Gasteiger partial charge in [-0.15, -0.1) is 0 Å². The van der Waals surface area contributed by atoms with Crippen molar-refractivity contribution in [1.82, 2.24) is 0 Å². The van der Waals surface area contributed by atoms with Crippen LogP contribution in [-0.2, 0) is 16.4 Å². The summed E-state index contributed by atoms with van der Waals surface area (Å²) in [6.07, 6.45) is 1.03. The first-order chi connectivity index (χ1) is 12.5. The molecule has 0 amide bonds. The maximum atomic E-state index is 12.5. The van der Waals surface area contributed by atoms with Crippen molar-refractivity contribution in [2.45, 2.75) is 18.2 Å². The molecule has 4 nitrogen and oxygen atoms in total. The zero-order chi connectivity index (χ0) is 18.1.